The van der Waals surface area contributed by atoms with Gasteiger partial charge in [-0.1, -0.05) is 6.58 Å². The molecule has 24 valence electrons. The minimum Gasteiger partial charge on any atom is -0.394 e. The molecule has 0 radical (unpaired) electrons. The van der Waals surface area contributed by atoms with E-state index in [0.29, 0.717) is 4.61 Å². The van der Waals surface area contributed by atoms with E-state index in [9.17, 15) is 0 Å². The molecular formula is C2H4BrN. The molecular weight excluding hydrogens is 118 g/mol. The Balaban J connectivity index is 2.80. The van der Waals surface area contributed by atoms with Crippen molar-refractivity contribution in [1.29, 1.82) is 0 Å². The topological polar surface area (TPSA) is 26.0 Å². The lowest BCUT2D eigenvalue weighted by Crippen LogP contribution is -1.79. The van der Waals surface area contributed by atoms with Crippen LogP contribution in [0.25, 0.3) is 0 Å². The summed E-state index contributed by atoms with van der Waals surface area (Å²) in [5, 5.41) is 0. The van der Waals surface area contributed by atoms with E-state index in [1.54, 1.807) is 0 Å². The predicted octanol–water partition coefficient (Wildman–Crippen LogP) is 0.811. The first kappa shape index (κ1) is 4.02. The first-order valence-electron chi connectivity index (χ1n) is 0.831. The average molecular weight is 122 g/mol. The number of hydrogen-bond donors (Lipinski definition) is 1. The van der Waals surface area contributed by atoms with Gasteiger partial charge in [0.05, 0.1) is 4.61 Å². The van der Waals surface area contributed by atoms with Crippen molar-refractivity contribution in [2.75, 3.05) is 0 Å². The van der Waals surface area contributed by atoms with Gasteiger partial charge < -0.3 is 5.73 Å². The Morgan fingerprint density at radius 2 is 2.00 bits per heavy atom. The van der Waals surface area contributed by atoms with E-state index in [2.05, 4.69) is 22.5 Å². The molecule has 4 heavy (non-hydrogen) atoms. The number of hydrogen-bond acceptors (Lipinski definition) is 1. The Bertz CT molecular complexity index is 29.0. The second-order valence-electron chi connectivity index (χ2n) is 0.447. The van der Waals surface area contributed by atoms with Crippen LogP contribution in [0, 0.1) is 0 Å². The summed E-state index contributed by atoms with van der Waals surface area (Å²) in [5.74, 6) is 0. The van der Waals surface area contributed by atoms with E-state index in [1.165, 1.54) is 0 Å². The van der Waals surface area contributed by atoms with Gasteiger partial charge in [-0.25, -0.2) is 0 Å². The van der Waals surface area contributed by atoms with Crippen molar-refractivity contribution in [3.63, 3.8) is 0 Å². The highest BCUT2D eigenvalue weighted by Gasteiger charge is 1.54. The molecule has 0 aromatic heterocycles. The Morgan fingerprint density at radius 1 is 2.00 bits per heavy atom. The Labute approximate surface area is 33.6 Å². The van der Waals surface area contributed by atoms with Gasteiger partial charge in [-0.15, -0.1) is 0 Å². The molecule has 2 N–H and O–H groups in total. The molecule has 0 aliphatic carbocycles. The van der Waals surface area contributed by atoms with E-state index in [-0.39, 0.29) is 0 Å². The van der Waals surface area contributed by atoms with Crippen LogP contribution in [-0.4, -0.2) is 0 Å². The predicted molar refractivity (Wildman–Crippen MR) is 22.3 cm³/mol. The van der Waals surface area contributed by atoms with Crippen LogP contribution in [-0.2, 0) is 0 Å². The van der Waals surface area contributed by atoms with E-state index in [0.717, 1.165) is 0 Å². The van der Waals surface area contributed by atoms with Crippen molar-refractivity contribution in [3.8, 4) is 0 Å². The first-order chi connectivity index (χ1) is 1.73. The summed E-state index contributed by atoms with van der Waals surface area (Å²) in [4.78, 5) is 0. The summed E-state index contributed by atoms with van der Waals surface area (Å²) < 4.78 is 0.479. The van der Waals surface area contributed by atoms with Crippen LogP contribution in [0.3, 0.4) is 0 Å². The summed E-state index contributed by atoms with van der Waals surface area (Å²) >= 11 is 2.85. The summed E-state index contributed by atoms with van der Waals surface area (Å²) in [6, 6.07) is 0. The second kappa shape index (κ2) is 1.35. The van der Waals surface area contributed by atoms with E-state index >= 15 is 0 Å². The van der Waals surface area contributed by atoms with Gasteiger partial charge in [0.25, 0.3) is 0 Å². The smallest absolute Gasteiger partial charge is 0.0681 e. The van der Waals surface area contributed by atoms with Crippen LogP contribution in [0.5, 0.6) is 0 Å². The van der Waals surface area contributed by atoms with Crippen LogP contribution in [0.1, 0.15) is 0 Å². The Hall–Kier alpha value is 0.0200. The van der Waals surface area contributed by atoms with Crippen LogP contribution in [0.4, 0.5) is 0 Å². The molecule has 0 fully saturated rings. The summed E-state index contributed by atoms with van der Waals surface area (Å²) in [6.07, 6.45) is 0. The van der Waals surface area contributed by atoms with Crippen LogP contribution >= 0.6 is 15.9 Å². The van der Waals surface area contributed by atoms with Crippen LogP contribution < -0.4 is 5.73 Å². The maximum absolute atomic E-state index is 4.83. The number of halogens is 1. The highest BCUT2D eigenvalue weighted by molar-refractivity contribution is 9.11. The van der Waals surface area contributed by atoms with Gasteiger partial charge in [-0.2, -0.15) is 0 Å². The molecule has 0 saturated carbocycles. The SMILES string of the molecule is C=C(N)Br. The van der Waals surface area contributed by atoms with Crippen molar-refractivity contribution >= 4 is 15.9 Å². The summed E-state index contributed by atoms with van der Waals surface area (Å²) in [6.45, 7) is 3.25. The lowest BCUT2D eigenvalue weighted by Gasteiger charge is -1.65. The molecule has 0 heterocycles. The zero-order valence-corrected chi connectivity index (χ0v) is 3.75. The standard InChI is InChI=1S/C2H4BrN/c1-2(3)4/h1,4H2. The lowest BCUT2D eigenvalue weighted by atomic mass is 11.1. The maximum atomic E-state index is 4.83. The molecule has 0 aliphatic heterocycles. The number of nitrogens with two attached hydrogens (primary N) is 1. The minimum absolute atomic E-state index is 0.479. The average Bonchev–Trinajstić information content (AvgIpc) is 0.811. The number of rotatable bonds is 0. The Morgan fingerprint density at radius 3 is 2.00 bits per heavy atom. The fraction of sp³-hybridized carbons (Fsp3) is 0. The van der Waals surface area contributed by atoms with Crippen LogP contribution in [0.2, 0.25) is 0 Å². The zero-order chi connectivity index (χ0) is 3.58. The van der Waals surface area contributed by atoms with Crippen molar-refractivity contribution in [2.24, 2.45) is 5.73 Å². The molecule has 1 nitrogen and oxygen atoms in total. The third-order valence-corrected chi connectivity index (χ3v) is 0. The molecule has 0 spiro atoms. The quantitative estimate of drug-likeness (QED) is 0.472. The van der Waals surface area contributed by atoms with Crippen molar-refractivity contribution in [1.82, 2.24) is 0 Å². The van der Waals surface area contributed by atoms with E-state index < -0.39 is 0 Å². The third-order valence-electron chi connectivity index (χ3n) is 0. The lowest BCUT2D eigenvalue weighted by molar-refractivity contribution is 1.60. The van der Waals surface area contributed by atoms with Gasteiger partial charge >= 0.3 is 0 Å². The molecule has 0 atom stereocenters. The van der Waals surface area contributed by atoms with Gasteiger partial charge in [-0.3, -0.25) is 0 Å². The third kappa shape index (κ3) is 5250. The second-order valence-corrected chi connectivity index (χ2v) is 1.47. The fourth-order valence-electron chi connectivity index (χ4n) is 0. The molecule has 0 amide bonds. The molecule has 2 heteroatoms. The minimum atomic E-state index is 0.479. The van der Waals surface area contributed by atoms with Gasteiger partial charge in [0.2, 0.25) is 0 Å². The molecule has 0 rings (SSSR count). The summed E-state index contributed by atoms with van der Waals surface area (Å²) in [5.41, 5.74) is 4.83. The fourth-order valence-corrected chi connectivity index (χ4v) is 0. The van der Waals surface area contributed by atoms with Crippen molar-refractivity contribution in [3.05, 3.63) is 11.2 Å². The molecule has 0 aromatic carbocycles. The molecule has 0 unspecified atom stereocenters. The van der Waals surface area contributed by atoms with Crippen molar-refractivity contribution in [2.45, 2.75) is 0 Å². The normalized spacial score (nSPS) is 6.25. The first-order valence-corrected chi connectivity index (χ1v) is 1.62. The van der Waals surface area contributed by atoms with Crippen molar-refractivity contribution < 1.29 is 0 Å². The van der Waals surface area contributed by atoms with Crippen LogP contribution in [0.15, 0.2) is 11.2 Å². The zero-order valence-electron chi connectivity index (χ0n) is 2.16. The Kier molecular flexibility index (Phi) is 1.36. The highest BCUT2D eigenvalue weighted by atomic mass is 79.9. The highest BCUT2D eigenvalue weighted by Crippen LogP contribution is 1.83. The van der Waals surface area contributed by atoms with E-state index in [4.69, 9.17) is 5.73 Å². The molecule has 0 aromatic rings. The largest absolute Gasteiger partial charge is 0.394 e. The monoisotopic (exact) mass is 121 g/mol. The van der Waals surface area contributed by atoms with Gasteiger partial charge in [-0.05, 0) is 15.9 Å². The molecule has 0 aliphatic rings. The van der Waals surface area contributed by atoms with Gasteiger partial charge in [0.1, 0.15) is 0 Å². The van der Waals surface area contributed by atoms with Gasteiger partial charge in [0, 0.05) is 0 Å². The molecule has 0 saturated heterocycles. The summed E-state index contributed by atoms with van der Waals surface area (Å²) in [7, 11) is 0. The van der Waals surface area contributed by atoms with Gasteiger partial charge in [0.15, 0.2) is 0 Å². The molecule has 0 bridgehead atoms. The maximum Gasteiger partial charge on any atom is 0.0681 e. The van der Waals surface area contributed by atoms with E-state index in [1.807, 2.05) is 0 Å².